The first-order valence-corrected chi connectivity index (χ1v) is 7.85. The van der Waals surface area contributed by atoms with Gasteiger partial charge in [0.15, 0.2) is 5.78 Å². The average Bonchev–Trinajstić information content (AvgIpc) is 2.97. The number of anilines is 1. The van der Waals surface area contributed by atoms with E-state index in [4.69, 9.17) is 0 Å². The normalized spacial score (nSPS) is 16.4. The van der Waals surface area contributed by atoms with E-state index in [1.807, 2.05) is 25.1 Å². The molecular formula is C17H23N5O. The van der Waals surface area contributed by atoms with Crippen LogP contribution in [0.5, 0.6) is 0 Å². The molecule has 23 heavy (non-hydrogen) atoms. The van der Waals surface area contributed by atoms with Gasteiger partial charge in [-0.1, -0.05) is 0 Å². The number of likely N-dealkylation sites (N-methyl/N-ethyl adjacent to an activating group) is 1. The summed E-state index contributed by atoms with van der Waals surface area (Å²) in [4.78, 5) is 26.5. The number of carbonyl (C=O) groups is 1. The Bertz CT molecular complexity index is 726. The molecule has 0 amide bonds. The minimum absolute atomic E-state index is 0.00618. The Labute approximate surface area is 136 Å². The molecule has 1 N–H and O–H groups in total. The van der Waals surface area contributed by atoms with Gasteiger partial charge in [0.2, 0.25) is 0 Å². The highest BCUT2D eigenvalue weighted by molar-refractivity contribution is 6.15. The largest absolute Gasteiger partial charge is 0.383 e. The van der Waals surface area contributed by atoms with Gasteiger partial charge in [-0.3, -0.25) is 4.79 Å². The smallest absolute Gasteiger partial charge is 0.189 e. The van der Waals surface area contributed by atoms with Crippen molar-refractivity contribution in [2.24, 2.45) is 0 Å². The van der Waals surface area contributed by atoms with Crippen molar-refractivity contribution in [2.75, 3.05) is 52.2 Å². The summed E-state index contributed by atoms with van der Waals surface area (Å²) in [6.45, 7) is 3.97. The fourth-order valence-corrected chi connectivity index (χ4v) is 2.85. The van der Waals surface area contributed by atoms with Crippen molar-refractivity contribution in [3.8, 4) is 0 Å². The summed E-state index contributed by atoms with van der Waals surface area (Å²) in [5.41, 5.74) is 2.54. The van der Waals surface area contributed by atoms with Crippen molar-refractivity contribution in [3.63, 3.8) is 0 Å². The van der Waals surface area contributed by atoms with Gasteiger partial charge in [-0.2, -0.15) is 0 Å². The van der Waals surface area contributed by atoms with Crippen LogP contribution in [0.1, 0.15) is 10.4 Å². The first-order valence-electron chi connectivity index (χ1n) is 7.85. The number of nitrogens with zero attached hydrogens (tertiary/aromatic N) is 4. The maximum Gasteiger partial charge on any atom is 0.189 e. The first-order chi connectivity index (χ1) is 11.1. The number of hydrogen-bond acceptors (Lipinski definition) is 5. The maximum atomic E-state index is 12.5. The topological polar surface area (TPSA) is 55.5 Å². The summed E-state index contributed by atoms with van der Waals surface area (Å²) in [6.07, 6.45) is 6.94. The van der Waals surface area contributed by atoms with Gasteiger partial charge < -0.3 is 19.7 Å². The molecule has 0 spiro atoms. The quantitative estimate of drug-likeness (QED) is 0.686. The summed E-state index contributed by atoms with van der Waals surface area (Å²) < 4.78 is 0. The van der Waals surface area contributed by atoms with Gasteiger partial charge in [0.05, 0.1) is 16.6 Å². The Morgan fingerprint density at radius 1 is 1.30 bits per heavy atom. The van der Waals surface area contributed by atoms with Gasteiger partial charge in [0.25, 0.3) is 0 Å². The second-order valence-electron chi connectivity index (χ2n) is 6.19. The average molecular weight is 313 g/mol. The number of allylic oxidation sites excluding steroid dienone is 1. The Kier molecular flexibility index (Phi) is 4.34. The highest BCUT2D eigenvalue weighted by atomic mass is 16.1. The lowest BCUT2D eigenvalue weighted by molar-refractivity contribution is 0.104. The standard InChI is InChI=1S/C17H23N5O/c1-20(2)7-5-15(23)13-12-19-17-16(13)14(4-6-18-17)22-10-8-21(3)9-11-22/h4-7,12H,8-11H2,1-3H3,(H,18,19)/b7-5+. The van der Waals surface area contributed by atoms with Crippen LogP contribution in [-0.4, -0.2) is 72.9 Å². The van der Waals surface area contributed by atoms with E-state index in [0.717, 1.165) is 42.9 Å². The zero-order chi connectivity index (χ0) is 16.4. The van der Waals surface area contributed by atoms with Crippen LogP contribution < -0.4 is 4.90 Å². The molecule has 1 aliphatic rings. The van der Waals surface area contributed by atoms with Crippen LogP contribution in [0.2, 0.25) is 0 Å². The number of H-pyrrole nitrogens is 1. The van der Waals surface area contributed by atoms with Crippen molar-refractivity contribution in [1.82, 2.24) is 19.8 Å². The SMILES string of the molecule is CN(C)/C=C/C(=O)c1c[nH]c2nccc(N3CCN(C)CC3)c12. The van der Waals surface area contributed by atoms with E-state index in [9.17, 15) is 4.79 Å². The molecule has 0 aliphatic carbocycles. The number of ketones is 1. The van der Waals surface area contributed by atoms with Crippen molar-refractivity contribution >= 4 is 22.5 Å². The first kappa shape index (κ1) is 15.6. The van der Waals surface area contributed by atoms with E-state index >= 15 is 0 Å². The molecule has 6 nitrogen and oxygen atoms in total. The number of pyridine rings is 1. The predicted molar refractivity (Wildman–Crippen MR) is 93.0 cm³/mol. The van der Waals surface area contributed by atoms with Crippen molar-refractivity contribution < 1.29 is 4.79 Å². The zero-order valence-electron chi connectivity index (χ0n) is 13.9. The molecule has 6 heteroatoms. The van der Waals surface area contributed by atoms with Crippen LogP contribution in [0.25, 0.3) is 11.0 Å². The molecule has 0 radical (unpaired) electrons. The Hall–Kier alpha value is -2.34. The van der Waals surface area contributed by atoms with Crippen molar-refractivity contribution in [1.29, 1.82) is 0 Å². The second kappa shape index (κ2) is 6.42. The van der Waals surface area contributed by atoms with E-state index in [2.05, 4.69) is 26.8 Å². The molecule has 3 heterocycles. The molecule has 1 saturated heterocycles. The lowest BCUT2D eigenvalue weighted by Gasteiger charge is -2.34. The molecule has 1 fully saturated rings. The fraction of sp³-hybridized carbons (Fsp3) is 0.412. The van der Waals surface area contributed by atoms with E-state index < -0.39 is 0 Å². The van der Waals surface area contributed by atoms with Gasteiger partial charge in [0.1, 0.15) is 5.65 Å². The Balaban J connectivity index is 1.99. The Morgan fingerprint density at radius 3 is 2.74 bits per heavy atom. The number of rotatable bonds is 4. The van der Waals surface area contributed by atoms with Crippen LogP contribution in [-0.2, 0) is 0 Å². The number of hydrogen-bond donors (Lipinski definition) is 1. The van der Waals surface area contributed by atoms with E-state index in [-0.39, 0.29) is 5.78 Å². The minimum atomic E-state index is -0.00618. The van der Waals surface area contributed by atoms with E-state index in [0.29, 0.717) is 5.56 Å². The number of piperazine rings is 1. The highest BCUT2D eigenvalue weighted by Gasteiger charge is 2.20. The van der Waals surface area contributed by atoms with Crippen LogP contribution in [0.3, 0.4) is 0 Å². The third-order valence-electron chi connectivity index (χ3n) is 4.19. The number of carbonyl (C=O) groups excluding carboxylic acids is 1. The molecule has 3 rings (SSSR count). The molecule has 122 valence electrons. The third kappa shape index (κ3) is 3.22. The summed E-state index contributed by atoms with van der Waals surface area (Å²) in [5, 5.41) is 0.922. The molecule has 0 aromatic carbocycles. The Morgan fingerprint density at radius 2 is 2.04 bits per heavy atom. The molecular weight excluding hydrogens is 290 g/mol. The van der Waals surface area contributed by atoms with Crippen LogP contribution in [0.15, 0.2) is 30.7 Å². The van der Waals surface area contributed by atoms with Crippen LogP contribution >= 0.6 is 0 Å². The maximum absolute atomic E-state index is 12.5. The number of aromatic amines is 1. The fourth-order valence-electron chi connectivity index (χ4n) is 2.85. The van der Waals surface area contributed by atoms with Crippen molar-refractivity contribution in [3.05, 3.63) is 36.3 Å². The molecule has 0 bridgehead atoms. The van der Waals surface area contributed by atoms with E-state index in [1.54, 1.807) is 24.7 Å². The van der Waals surface area contributed by atoms with Gasteiger partial charge in [-0.05, 0) is 13.1 Å². The lowest BCUT2D eigenvalue weighted by atomic mass is 10.1. The van der Waals surface area contributed by atoms with Gasteiger partial charge in [0, 0.05) is 64.9 Å². The van der Waals surface area contributed by atoms with Crippen LogP contribution in [0, 0.1) is 0 Å². The third-order valence-corrected chi connectivity index (χ3v) is 4.19. The van der Waals surface area contributed by atoms with Gasteiger partial charge >= 0.3 is 0 Å². The number of aromatic nitrogens is 2. The molecule has 2 aromatic heterocycles. The summed E-state index contributed by atoms with van der Waals surface area (Å²) in [7, 11) is 5.93. The molecule has 0 saturated carbocycles. The summed E-state index contributed by atoms with van der Waals surface area (Å²) >= 11 is 0. The highest BCUT2D eigenvalue weighted by Crippen LogP contribution is 2.29. The van der Waals surface area contributed by atoms with Gasteiger partial charge in [-0.25, -0.2) is 4.98 Å². The summed E-state index contributed by atoms with van der Waals surface area (Å²) in [5.74, 6) is -0.00618. The predicted octanol–water partition coefficient (Wildman–Crippen LogP) is 1.57. The van der Waals surface area contributed by atoms with E-state index in [1.165, 1.54) is 0 Å². The van der Waals surface area contributed by atoms with Crippen LogP contribution in [0.4, 0.5) is 5.69 Å². The zero-order valence-corrected chi connectivity index (χ0v) is 13.9. The monoisotopic (exact) mass is 313 g/mol. The molecule has 2 aromatic rings. The minimum Gasteiger partial charge on any atom is -0.383 e. The lowest BCUT2D eigenvalue weighted by Crippen LogP contribution is -2.44. The second-order valence-corrected chi connectivity index (χ2v) is 6.19. The molecule has 1 aliphatic heterocycles. The number of fused-ring (bicyclic) bond motifs is 1. The number of nitrogens with one attached hydrogen (secondary N) is 1. The van der Waals surface area contributed by atoms with Gasteiger partial charge in [-0.15, -0.1) is 0 Å². The molecule has 0 atom stereocenters. The molecule has 0 unspecified atom stereocenters. The summed E-state index contributed by atoms with van der Waals surface area (Å²) in [6, 6.07) is 2.01. The van der Waals surface area contributed by atoms with Crippen molar-refractivity contribution in [2.45, 2.75) is 0 Å².